The Morgan fingerprint density at radius 2 is 2.22 bits per heavy atom. The number of para-hydroxylation sites is 1. The molecule has 3 N–H and O–H groups in total. The van der Waals surface area contributed by atoms with Crippen molar-refractivity contribution in [1.82, 2.24) is 0 Å². The number of anilines is 1. The molecule has 1 aliphatic heterocycles. The van der Waals surface area contributed by atoms with Crippen LogP contribution in [-0.2, 0) is 9.53 Å². The number of Topliss-reactive ketones (excluding diaryl/α,β-unsaturated/α-hetero) is 1. The Labute approximate surface area is 107 Å². The van der Waals surface area contributed by atoms with E-state index in [9.17, 15) is 4.79 Å². The van der Waals surface area contributed by atoms with Crippen molar-refractivity contribution in [3.05, 3.63) is 35.9 Å². The van der Waals surface area contributed by atoms with Crippen LogP contribution in [0.3, 0.4) is 0 Å². The topological polar surface area (TPSA) is 64.3 Å². The highest BCUT2D eigenvalue weighted by Gasteiger charge is 2.32. The summed E-state index contributed by atoms with van der Waals surface area (Å²) in [5, 5.41) is 3.24. The van der Waals surface area contributed by atoms with Gasteiger partial charge in [0.1, 0.15) is 5.76 Å². The van der Waals surface area contributed by atoms with E-state index in [1.54, 1.807) is 0 Å². The number of nitrogens with one attached hydrogen (secondary N) is 1. The average Bonchev–Trinajstić information content (AvgIpc) is 2.39. The second kappa shape index (κ2) is 4.82. The molecule has 0 saturated heterocycles. The Bertz CT molecular complexity index is 496. The molecule has 0 aliphatic carbocycles. The molecular formula is C14H18N2O2. The first-order valence-electron chi connectivity index (χ1n) is 6.09. The summed E-state index contributed by atoms with van der Waals surface area (Å²) in [7, 11) is 0. The van der Waals surface area contributed by atoms with Gasteiger partial charge in [0.25, 0.3) is 0 Å². The van der Waals surface area contributed by atoms with Gasteiger partial charge in [-0.3, -0.25) is 10.5 Å². The Hall–Kier alpha value is -1.81. The molecule has 0 fully saturated rings. The van der Waals surface area contributed by atoms with Crippen molar-refractivity contribution in [2.24, 2.45) is 5.73 Å². The minimum Gasteiger partial charge on any atom is -0.465 e. The van der Waals surface area contributed by atoms with Gasteiger partial charge in [0.2, 0.25) is 5.72 Å². The number of carbonyl (C=O) groups excluding carboxylic acids is 1. The van der Waals surface area contributed by atoms with Crippen LogP contribution in [0.2, 0.25) is 0 Å². The minimum absolute atomic E-state index is 0.165. The molecule has 0 radical (unpaired) electrons. The van der Waals surface area contributed by atoms with Crippen LogP contribution in [-0.4, -0.2) is 18.1 Å². The normalized spacial score (nSPS) is 16.9. The number of nitrogens with two attached hydrogens (primary N) is 1. The van der Waals surface area contributed by atoms with Crippen LogP contribution >= 0.6 is 0 Å². The summed E-state index contributed by atoms with van der Waals surface area (Å²) in [4.78, 5) is 11.6. The molecule has 1 unspecified atom stereocenters. The maximum Gasteiger partial charge on any atom is 0.217 e. The third-order valence-corrected chi connectivity index (χ3v) is 3.19. The summed E-state index contributed by atoms with van der Waals surface area (Å²) in [5.41, 5.74) is 6.69. The van der Waals surface area contributed by atoms with E-state index in [0.717, 1.165) is 11.3 Å². The van der Waals surface area contributed by atoms with Crippen molar-refractivity contribution in [3.8, 4) is 0 Å². The monoisotopic (exact) mass is 246 g/mol. The van der Waals surface area contributed by atoms with Crippen molar-refractivity contribution >= 4 is 17.2 Å². The minimum atomic E-state index is -1.24. The lowest BCUT2D eigenvalue weighted by Gasteiger charge is -2.30. The van der Waals surface area contributed by atoms with E-state index in [1.165, 1.54) is 6.92 Å². The summed E-state index contributed by atoms with van der Waals surface area (Å²) in [6.45, 7) is 3.97. The summed E-state index contributed by atoms with van der Waals surface area (Å²) >= 11 is 0. The van der Waals surface area contributed by atoms with Crippen LogP contribution in [0.1, 0.15) is 25.8 Å². The number of carbonyl (C=O) groups is 1. The van der Waals surface area contributed by atoms with Crippen LogP contribution in [0.4, 0.5) is 5.69 Å². The second-order valence-electron chi connectivity index (χ2n) is 4.40. The highest BCUT2D eigenvalue weighted by Crippen LogP contribution is 2.31. The number of hydrogen-bond acceptors (Lipinski definition) is 4. The molecule has 96 valence electrons. The van der Waals surface area contributed by atoms with E-state index >= 15 is 0 Å². The molecule has 1 aromatic rings. The Morgan fingerprint density at radius 3 is 2.89 bits per heavy atom. The van der Waals surface area contributed by atoms with Gasteiger partial charge in [0.05, 0.1) is 0 Å². The van der Waals surface area contributed by atoms with Crippen LogP contribution in [0, 0.1) is 0 Å². The molecule has 0 saturated carbocycles. The van der Waals surface area contributed by atoms with E-state index in [0.29, 0.717) is 18.7 Å². The first-order valence-corrected chi connectivity index (χ1v) is 6.09. The number of benzene rings is 1. The zero-order valence-corrected chi connectivity index (χ0v) is 10.7. The van der Waals surface area contributed by atoms with Gasteiger partial charge in [0, 0.05) is 31.1 Å². The average molecular weight is 246 g/mol. The third kappa shape index (κ3) is 2.24. The molecule has 4 nitrogen and oxygen atoms in total. The van der Waals surface area contributed by atoms with Gasteiger partial charge in [-0.25, -0.2) is 0 Å². The molecule has 0 bridgehead atoms. The predicted molar refractivity (Wildman–Crippen MR) is 71.9 cm³/mol. The molecule has 2 rings (SSSR count). The van der Waals surface area contributed by atoms with Gasteiger partial charge in [-0.2, -0.15) is 0 Å². The number of rotatable bonds is 4. The largest absolute Gasteiger partial charge is 0.465 e. The van der Waals surface area contributed by atoms with E-state index in [1.807, 2.05) is 37.3 Å². The Kier molecular flexibility index (Phi) is 3.39. The van der Waals surface area contributed by atoms with Gasteiger partial charge in [-0.05, 0) is 18.2 Å². The third-order valence-electron chi connectivity index (χ3n) is 3.19. The van der Waals surface area contributed by atoms with Crippen LogP contribution in [0.15, 0.2) is 30.3 Å². The fourth-order valence-corrected chi connectivity index (χ4v) is 1.90. The van der Waals surface area contributed by atoms with Crippen LogP contribution < -0.4 is 11.1 Å². The maximum atomic E-state index is 11.6. The lowest BCUT2D eigenvalue weighted by Crippen LogP contribution is -2.48. The first kappa shape index (κ1) is 12.6. The summed E-state index contributed by atoms with van der Waals surface area (Å²) in [5.74, 6) is 0.505. The molecular weight excluding hydrogens is 228 g/mol. The van der Waals surface area contributed by atoms with Crippen molar-refractivity contribution in [2.75, 3.05) is 11.9 Å². The van der Waals surface area contributed by atoms with Crippen molar-refractivity contribution in [2.45, 2.75) is 26.0 Å². The fraction of sp³-hybridized carbons (Fsp3) is 0.357. The summed E-state index contributed by atoms with van der Waals surface area (Å²) in [6.07, 6.45) is 2.35. The molecule has 1 aliphatic rings. The zero-order valence-electron chi connectivity index (χ0n) is 10.7. The van der Waals surface area contributed by atoms with E-state index in [-0.39, 0.29) is 5.78 Å². The maximum absolute atomic E-state index is 11.6. The van der Waals surface area contributed by atoms with Crippen LogP contribution in [0.25, 0.3) is 5.76 Å². The second-order valence-corrected chi connectivity index (χ2v) is 4.40. The van der Waals surface area contributed by atoms with Crippen molar-refractivity contribution in [1.29, 1.82) is 0 Å². The first-order chi connectivity index (χ1) is 8.57. The van der Waals surface area contributed by atoms with Gasteiger partial charge < -0.3 is 10.1 Å². The molecule has 1 aromatic carbocycles. The van der Waals surface area contributed by atoms with Crippen molar-refractivity contribution < 1.29 is 9.53 Å². The van der Waals surface area contributed by atoms with E-state index in [2.05, 4.69) is 5.32 Å². The highest BCUT2D eigenvalue weighted by atomic mass is 16.5. The number of ketones is 1. The summed E-state index contributed by atoms with van der Waals surface area (Å²) < 4.78 is 5.77. The summed E-state index contributed by atoms with van der Waals surface area (Å²) in [6, 6.07) is 7.81. The Morgan fingerprint density at radius 1 is 1.50 bits per heavy atom. The Balaban J connectivity index is 2.30. The molecule has 0 amide bonds. The van der Waals surface area contributed by atoms with Crippen molar-refractivity contribution in [3.63, 3.8) is 0 Å². The SMILES string of the molecule is CCC(N)(OC1=CCNc2ccccc21)C(C)=O. The lowest BCUT2D eigenvalue weighted by atomic mass is 10.0. The zero-order chi connectivity index (χ0) is 13.2. The lowest BCUT2D eigenvalue weighted by molar-refractivity contribution is -0.134. The highest BCUT2D eigenvalue weighted by molar-refractivity contribution is 5.86. The number of fused-ring (bicyclic) bond motifs is 1. The van der Waals surface area contributed by atoms with Gasteiger partial charge in [-0.1, -0.05) is 19.1 Å². The fourth-order valence-electron chi connectivity index (χ4n) is 1.90. The van der Waals surface area contributed by atoms with Gasteiger partial charge in [0.15, 0.2) is 5.78 Å². The smallest absolute Gasteiger partial charge is 0.217 e. The quantitative estimate of drug-likeness (QED) is 0.799. The predicted octanol–water partition coefficient (Wildman–Crippen LogP) is 2.12. The van der Waals surface area contributed by atoms with E-state index in [4.69, 9.17) is 10.5 Å². The molecule has 1 atom stereocenters. The molecule has 0 spiro atoms. The molecule has 1 heterocycles. The number of hydrogen-bond donors (Lipinski definition) is 2. The molecule has 0 aromatic heterocycles. The van der Waals surface area contributed by atoms with E-state index < -0.39 is 5.72 Å². The standard InChI is InChI=1S/C14H18N2O2/c1-3-14(15,10(2)17)18-13-8-9-16-12-7-5-4-6-11(12)13/h4-8,16H,3,9,15H2,1-2H3. The molecule has 18 heavy (non-hydrogen) atoms. The number of ether oxygens (including phenoxy) is 1. The van der Waals surface area contributed by atoms with Crippen LogP contribution in [0.5, 0.6) is 0 Å². The van der Waals surface area contributed by atoms with Gasteiger partial charge in [-0.15, -0.1) is 0 Å². The molecule has 4 heteroatoms. The van der Waals surface area contributed by atoms with Gasteiger partial charge >= 0.3 is 0 Å².